The Labute approximate surface area is 82.6 Å². The fraction of sp³-hybridized carbons (Fsp3) is 0.500. The zero-order valence-corrected chi connectivity index (χ0v) is 8.26. The van der Waals surface area contributed by atoms with E-state index in [0.29, 0.717) is 6.04 Å². The summed E-state index contributed by atoms with van der Waals surface area (Å²) in [6.45, 7) is 1.87. The van der Waals surface area contributed by atoms with Crippen molar-refractivity contribution in [3.8, 4) is 12.3 Å². The van der Waals surface area contributed by atoms with Crippen LogP contribution in [0.2, 0.25) is 0 Å². The van der Waals surface area contributed by atoms with Gasteiger partial charge in [0.2, 0.25) is 0 Å². The first kappa shape index (κ1) is 8.74. The van der Waals surface area contributed by atoms with Crippen molar-refractivity contribution < 1.29 is 0 Å². The van der Waals surface area contributed by atoms with Crippen molar-refractivity contribution in [3.05, 3.63) is 16.6 Å². The van der Waals surface area contributed by atoms with Crippen LogP contribution < -0.4 is 0 Å². The van der Waals surface area contributed by atoms with E-state index in [1.807, 2.05) is 11.6 Å². The molecule has 0 aromatic carbocycles. The van der Waals surface area contributed by atoms with Crippen LogP contribution in [0.3, 0.4) is 0 Å². The molecule has 1 atom stereocenters. The van der Waals surface area contributed by atoms with E-state index in [9.17, 15) is 0 Å². The zero-order chi connectivity index (χ0) is 9.10. The fourth-order valence-electron chi connectivity index (χ4n) is 1.81. The molecule has 0 saturated carbocycles. The van der Waals surface area contributed by atoms with Gasteiger partial charge in [-0.15, -0.1) is 17.8 Å². The van der Waals surface area contributed by atoms with Crippen molar-refractivity contribution in [3.63, 3.8) is 0 Å². The van der Waals surface area contributed by atoms with Crippen LogP contribution in [0.1, 0.15) is 23.9 Å². The average molecular weight is 192 g/mol. The number of aromatic nitrogens is 1. The summed E-state index contributed by atoms with van der Waals surface area (Å²) < 4.78 is 0. The molecule has 3 heteroatoms. The van der Waals surface area contributed by atoms with Gasteiger partial charge in [0.1, 0.15) is 5.01 Å². The van der Waals surface area contributed by atoms with Gasteiger partial charge in [0.15, 0.2) is 0 Å². The summed E-state index contributed by atoms with van der Waals surface area (Å²) in [5.74, 6) is 2.70. The van der Waals surface area contributed by atoms with E-state index in [-0.39, 0.29) is 0 Å². The number of hydrogen-bond acceptors (Lipinski definition) is 3. The predicted octanol–water partition coefficient (Wildman–Crippen LogP) is 1.91. The van der Waals surface area contributed by atoms with E-state index in [1.54, 1.807) is 11.3 Å². The van der Waals surface area contributed by atoms with Crippen LogP contribution in [0.15, 0.2) is 11.6 Å². The third-order valence-electron chi connectivity index (χ3n) is 2.39. The van der Waals surface area contributed by atoms with Crippen molar-refractivity contribution in [1.82, 2.24) is 9.88 Å². The summed E-state index contributed by atoms with van der Waals surface area (Å²) >= 11 is 1.73. The molecule has 68 valence electrons. The van der Waals surface area contributed by atoms with Gasteiger partial charge in [-0.05, 0) is 19.4 Å². The number of likely N-dealkylation sites (tertiary alicyclic amines) is 1. The summed E-state index contributed by atoms with van der Waals surface area (Å²) in [5, 5.41) is 3.24. The number of rotatable bonds is 2. The number of nitrogens with zero attached hydrogens (tertiary/aromatic N) is 2. The molecule has 13 heavy (non-hydrogen) atoms. The topological polar surface area (TPSA) is 16.1 Å². The standard InChI is InChI=1S/C10H12N2S/c1-2-6-12-7-3-4-9(12)10-11-5-8-13-10/h1,5,8-9H,3-4,6-7H2. The lowest BCUT2D eigenvalue weighted by Crippen LogP contribution is -2.23. The molecule has 0 spiro atoms. The zero-order valence-electron chi connectivity index (χ0n) is 7.44. The molecule has 1 fully saturated rings. The van der Waals surface area contributed by atoms with Crippen LogP contribution in [0.25, 0.3) is 0 Å². The molecule has 2 heterocycles. The molecule has 2 nitrogen and oxygen atoms in total. The monoisotopic (exact) mass is 192 g/mol. The van der Waals surface area contributed by atoms with Crippen molar-refractivity contribution in [2.75, 3.05) is 13.1 Å². The fourth-order valence-corrected chi connectivity index (χ4v) is 2.62. The van der Waals surface area contributed by atoms with Crippen molar-refractivity contribution in [2.45, 2.75) is 18.9 Å². The van der Waals surface area contributed by atoms with Gasteiger partial charge in [0.25, 0.3) is 0 Å². The molecule has 1 aliphatic rings. The van der Waals surface area contributed by atoms with Crippen LogP contribution in [-0.4, -0.2) is 23.0 Å². The van der Waals surface area contributed by atoms with Crippen molar-refractivity contribution in [2.24, 2.45) is 0 Å². The lowest BCUT2D eigenvalue weighted by Gasteiger charge is -2.19. The molecule has 1 aromatic rings. The Bertz CT molecular complexity index is 299. The van der Waals surface area contributed by atoms with E-state index in [4.69, 9.17) is 6.42 Å². The van der Waals surface area contributed by atoms with Crippen LogP contribution >= 0.6 is 11.3 Å². The SMILES string of the molecule is C#CCN1CCCC1c1nccs1. The Hall–Kier alpha value is -0.850. The molecular weight excluding hydrogens is 180 g/mol. The Morgan fingerprint density at radius 1 is 1.77 bits per heavy atom. The first-order valence-electron chi connectivity index (χ1n) is 4.48. The highest BCUT2D eigenvalue weighted by Crippen LogP contribution is 2.32. The largest absolute Gasteiger partial charge is 0.283 e. The molecule has 0 amide bonds. The third-order valence-corrected chi connectivity index (χ3v) is 3.27. The van der Waals surface area contributed by atoms with Crippen LogP contribution in [-0.2, 0) is 0 Å². The summed E-state index contributed by atoms with van der Waals surface area (Å²) in [6, 6.07) is 0.482. The summed E-state index contributed by atoms with van der Waals surface area (Å²) in [7, 11) is 0. The first-order valence-corrected chi connectivity index (χ1v) is 5.36. The minimum Gasteiger partial charge on any atom is -0.283 e. The van der Waals surface area contributed by atoms with Gasteiger partial charge in [-0.3, -0.25) is 4.90 Å². The summed E-state index contributed by atoms with van der Waals surface area (Å²) in [4.78, 5) is 6.67. The van der Waals surface area contributed by atoms with Gasteiger partial charge >= 0.3 is 0 Å². The smallest absolute Gasteiger partial charge is 0.110 e. The van der Waals surface area contributed by atoms with E-state index < -0.39 is 0 Å². The Kier molecular flexibility index (Phi) is 2.62. The van der Waals surface area contributed by atoms with E-state index >= 15 is 0 Å². The quantitative estimate of drug-likeness (QED) is 0.665. The lowest BCUT2D eigenvalue weighted by atomic mass is 10.2. The minimum absolute atomic E-state index is 0.482. The molecule has 1 saturated heterocycles. The maximum atomic E-state index is 5.32. The summed E-state index contributed by atoms with van der Waals surface area (Å²) in [6.07, 6.45) is 9.63. The average Bonchev–Trinajstić information content (AvgIpc) is 2.71. The normalized spacial score (nSPS) is 23.2. The Balaban J connectivity index is 2.11. The molecule has 0 radical (unpaired) electrons. The second-order valence-corrected chi connectivity index (χ2v) is 4.13. The van der Waals surface area contributed by atoms with Crippen molar-refractivity contribution in [1.29, 1.82) is 0 Å². The molecule has 0 bridgehead atoms. The number of thiazole rings is 1. The highest BCUT2D eigenvalue weighted by molar-refractivity contribution is 7.09. The van der Waals surface area contributed by atoms with Crippen LogP contribution in [0, 0.1) is 12.3 Å². The number of terminal acetylenes is 1. The van der Waals surface area contributed by atoms with Gasteiger partial charge in [-0.1, -0.05) is 5.92 Å². The molecule has 0 aliphatic carbocycles. The van der Waals surface area contributed by atoms with E-state index in [0.717, 1.165) is 13.1 Å². The van der Waals surface area contributed by atoms with Gasteiger partial charge in [-0.2, -0.15) is 0 Å². The minimum atomic E-state index is 0.482. The van der Waals surface area contributed by atoms with Crippen molar-refractivity contribution >= 4 is 11.3 Å². The number of hydrogen-bond donors (Lipinski definition) is 0. The van der Waals surface area contributed by atoms with Gasteiger partial charge < -0.3 is 0 Å². The van der Waals surface area contributed by atoms with E-state index in [1.165, 1.54) is 17.8 Å². The Morgan fingerprint density at radius 3 is 3.38 bits per heavy atom. The molecular formula is C10H12N2S. The highest BCUT2D eigenvalue weighted by atomic mass is 32.1. The van der Waals surface area contributed by atoms with Gasteiger partial charge in [-0.25, -0.2) is 4.98 Å². The molecule has 2 rings (SSSR count). The second-order valence-electron chi connectivity index (χ2n) is 3.20. The lowest BCUT2D eigenvalue weighted by molar-refractivity contribution is 0.289. The molecule has 0 N–H and O–H groups in total. The second kappa shape index (κ2) is 3.91. The first-order chi connectivity index (χ1) is 6.42. The van der Waals surface area contributed by atoms with E-state index in [2.05, 4.69) is 15.8 Å². The maximum Gasteiger partial charge on any atom is 0.110 e. The van der Waals surface area contributed by atoms with Gasteiger partial charge in [0.05, 0.1) is 12.6 Å². The predicted molar refractivity (Wildman–Crippen MR) is 54.5 cm³/mol. The molecule has 1 unspecified atom stereocenters. The third kappa shape index (κ3) is 1.74. The van der Waals surface area contributed by atoms with Crippen LogP contribution in [0.5, 0.6) is 0 Å². The highest BCUT2D eigenvalue weighted by Gasteiger charge is 2.26. The maximum absolute atomic E-state index is 5.32. The van der Waals surface area contributed by atoms with Crippen LogP contribution in [0.4, 0.5) is 0 Å². The Morgan fingerprint density at radius 2 is 2.69 bits per heavy atom. The summed E-state index contributed by atoms with van der Waals surface area (Å²) in [5.41, 5.74) is 0. The van der Waals surface area contributed by atoms with Gasteiger partial charge in [0, 0.05) is 11.6 Å². The molecule has 1 aromatic heterocycles. The molecule has 1 aliphatic heterocycles.